The minimum absolute atomic E-state index is 0.203. The summed E-state index contributed by atoms with van der Waals surface area (Å²) in [5.74, 6) is 5.63. The van der Waals surface area contributed by atoms with Gasteiger partial charge in [-0.05, 0) is 5.92 Å². The third kappa shape index (κ3) is 7.45. The van der Waals surface area contributed by atoms with Gasteiger partial charge in [0.25, 0.3) is 6.43 Å². The van der Waals surface area contributed by atoms with Crippen molar-refractivity contribution in [3.05, 3.63) is 0 Å². The number of alkyl halides is 2. The molecule has 0 aliphatic carbocycles. The van der Waals surface area contributed by atoms with Gasteiger partial charge in [-0.25, -0.2) is 14.6 Å². The summed E-state index contributed by atoms with van der Waals surface area (Å²) in [6, 6.07) is 0. The van der Waals surface area contributed by atoms with E-state index in [0.717, 1.165) is 0 Å². The van der Waals surface area contributed by atoms with Crippen LogP contribution in [0.5, 0.6) is 0 Å². The molecule has 0 unspecified atom stereocenters. The first-order chi connectivity index (χ1) is 6.06. The van der Waals surface area contributed by atoms with E-state index in [2.05, 4.69) is 15.7 Å². The zero-order chi connectivity index (χ0) is 10.3. The lowest BCUT2D eigenvalue weighted by Gasteiger charge is -2.08. The maximum atomic E-state index is 11.7. The average molecular weight is 194 g/mol. The van der Waals surface area contributed by atoms with Crippen molar-refractivity contribution in [1.29, 1.82) is 0 Å². The Morgan fingerprint density at radius 3 is 2.46 bits per heavy atom. The summed E-state index contributed by atoms with van der Waals surface area (Å²) in [6.45, 7) is 4.06. The summed E-state index contributed by atoms with van der Waals surface area (Å²) >= 11 is 0. The van der Waals surface area contributed by atoms with Gasteiger partial charge >= 0.3 is 0 Å². The molecule has 0 aromatic heterocycles. The summed E-state index contributed by atoms with van der Waals surface area (Å²) in [5.41, 5.74) is 2.22. The molecule has 0 aromatic rings. The minimum atomic E-state index is -2.41. The highest BCUT2D eigenvalue weighted by Gasteiger charge is 2.03. The van der Waals surface area contributed by atoms with Crippen LogP contribution in [-0.2, 0) is 0 Å². The molecule has 0 aromatic carbocycles. The summed E-state index contributed by atoms with van der Waals surface area (Å²) in [7, 11) is 0. The largest absolute Gasteiger partial charge is 0.350 e. The van der Waals surface area contributed by atoms with Crippen molar-refractivity contribution in [2.75, 3.05) is 13.1 Å². The van der Waals surface area contributed by atoms with Crippen molar-refractivity contribution in [1.82, 2.24) is 10.7 Å². The van der Waals surface area contributed by atoms with Gasteiger partial charge in [0.05, 0.1) is 6.54 Å². The van der Waals surface area contributed by atoms with E-state index >= 15 is 0 Å². The Kier molecular flexibility index (Phi) is 6.13. The zero-order valence-corrected chi connectivity index (χ0v) is 7.85. The molecule has 4 N–H and O–H groups in total. The second-order valence-electron chi connectivity index (χ2n) is 3.00. The fourth-order valence-corrected chi connectivity index (χ4v) is 0.600. The number of guanidine groups is 1. The van der Waals surface area contributed by atoms with E-state index in [1.54, 1.807) is 0 Å². The van der Waals surface area contributed by atoms with Crippen LogP contribution >= 0.6 is 0 Å². The molecular formula is C7H16F2N4. The van der Waals surface area contributed by atoms with Crippen LogP contribution in [0.3, 0.4) is 0 Å². The van der Waals surface area contributed by atoms with Crippen LogP contribution < -0.4 is 16.6 Å². The Labute approximate surface area is 76.6 Å². The topological polar surface area (TPSA) is 62.4 Å². The fourth-order valence-electron chi connectivity index (χ4n) is 0.600. The van der Waals surface area contributed by atoms with Gasteiger partial charge in [0.1, 0.15) is 0 Å². The second kappa shape index (κ2) is 6.59. The Morgan fingerprint density at radius 1 is 1.46 bits per heavy atom. The standard InChI is InChI=1S/C7H16F2N4/c1-5(2)3-11-7(13-10)12-4-6(8)9/h5-6H,3-4,10H2,1-2H3,(H2,11,12,13). The van der Waals surface area contributed by atoms with Crippen LogP contribution in [0, 0.1) is 5.92 Å². The van der Waals surface area contributed by atoms with Gasteiger partial charge in [-0.2, -0.15) is 0 Å². The minimum Gasteiger partial charge on any atom is -0.350 e. The molecule has 0 bridgehead atoms. The molecule has 0 spiro atoms. The number of nitrogens with zero attached hydrogens (tertiary/aromatic N) is 1. The molecule has 0 saturated carbocycles. The molecule has 0 fully saturated rings. The highest BCUT2D eigenvalue weighted by atomic mass is 19.3. The van der Waals surface area contributed by atoms with E-state index in [1.165, 1.54) is 0 Å². The van der Waals surface area contributed by atoms with Gasteiger partial charge in [0, 0.05) is 6.54 Å². The van der Waals surface area contributed by atoms with E-state index in [4.69, 9.17) is 5.84 Å². The number of hydrogen-bond donors (Lipinski definition) is 3. The number of nitrogens with two attached hydrogens (primary N) is 1. The summed E-state index contributed by atoms with van der Waals surface area (Å²) in [4.78, 5) is 3.95. The molecule has 4 nitrogen and oxygen atoms in total. The summed E-state index contributed by atoms with van der Waals surface area (Å²) in [5, 5.41) is 2.39. The first kappa shape index (κ1) is 12.1. The Bertz CT molecular complexity index is 159. The SMILES string of the molecule is CC(C)CN=C(NN)NCC(F)F. The highest BCUT2D eigenvalue weighted by Crippen LogP contribution is 1.91. The average Bonchev–Trinajstić information content (AvgIpc) is 2.04. The third-order valence-electron chi connectivity index (χ3n) is 1.18. The zero-order valence-electron chi connectivity index (χ0n) is 7.85. The van der Waals surface area contributed by atoms with Gasteiger partial charge in [-0.3, -0.25) is 10.4 Å². The molecule has 0 atom stereocenters. The highest BCUT2D eigenvalue weighted by molar-refractivity contribution is 5.79. The van der Waals surface area contributed by atoms with E-state index in [0.29, 0.717) is 12.5 Å². The molecule has 0 rings (SSSR count). The van der Waals surface area contributed by atoms with Crippen LogP contribution in [0.4, 0.5) is 8.78 Å². The molecule has 0 aliphatic rings. The van der Waals surface area contributed by atoms with Gasteiger partial charge < -0.3 is 5.32 Å². The van der Waals surface area contributed by atoms with Gasteiger partial charge in [-0.1, -0.05) is 13.8 Å². The van der Waals surface area contributed by atoms with Gasteiger partial charge in [0.2, 0.25) is 5.96 Å². The van der Waals surface area contributed by atoms with Crippen molar-refractivity contribution < 1.29 is 8.78 Å². The lowest BCUT2D eigenvalue weighted by Crippen LogP contribution is -2.43. The number of hydrogen-bond acceptors (Lipinski definition) is 2. The van der Waals surface area contributed by atoms with E-state index < -0.39 is 13.0 Å². The monoisotopic (exact) mass is 194 g/mol. The van der Waals surface area contributed by atoms with Crippen LogP contribution in [0.2, 0.25) is 0 Å². The molecule has 0 amide bonds. The fraction of sp³-hybridized carbons (Fsp3) is 0.857. The quantitative estimate of drug-likeness (QED) is 0.261. The van der Waals surface area contributed by atoms with Crippen molar-refractivity contribution >= 4 is 5.96 Å². The molecule has 0 heterocycles. The van der Waals surface area contributed by atoms with Crippen molar-refractivity contribution in [2.45, 2.75) is 20.3 Å². The van der Waals surface area contributed by atoms with Crippen molar-refractivity contribution in [3.8, 4) is 0 Å². The lowest BCUT2D eigenvalue weighted by atomic mass is 10.2. The van der Waals surface area contributed by atoms with Crippen LogP contribution in [0.1, 0.15) is 13.8 Å². The van der Waals surface area contributed by atoms with Gasteiger partial charge in [-0.15, -0.1) is 0 Å². The first-order valence-electron chi connectivity index (χ1n) is 4.09. The predicted molar refractivity (Wildman–Crippen MR) is 48.5 cm³/mol. The molecule has 78 valence electrons. The van der Waals surface area contributed by atoms with Gasteiger partial charge in [0.15, 0.2) is 0 Å². The Morgan fingerprint density at radius 2 is 2.08 bits per heavy atom. The number of halogens is 2. The number of hydrazine groups is 1. The molecule has 0 aliphatic heterocycles. The van der Waals surface area contributed by atoms with Crippen molar-refractivity contribution in [2.24, 2.45) is 16.8 Å². The molecular weight excluding hydrogens is 178 g/mol. The maximum Gasteiger partial charge on any atom is 0.255 e. The predicted octanol–water partition coefficient (Wildman–Crippen LogP) is 0.316. The molecule has 0 saturated heterocycles. The lowest BCUT2D eigenvalue weighted by molar-refractivity contribution is 0.152. The van der Waals surface area contributed by atoms with Crippen LogP contribution in [0.25, 0.3) is 0 Å². The van der Waals surface area contributed by atoms with E-state index in [-0.39, 0.29) is 5.96 Å². The normalized spacial score (nSPS) is 12.4. The Hall–Kier alpha value is -0.910. The number of nitrogens with one attached hydrogen (secondary N) is 2. The number of aliphatic imine (C=N–C) groups is 1. The first-order valence-corrected chi connectivity index (χ1v) is 4.09. The maximum absolute atomic E-state index is 11.7. The molecule has 6 heteroatoms. The van der Waals surface area contributed by atoms with Crippen LogP contribution in [-0.4, -0.2) is 25.5 Å². The molecule has 0 radical (unpaired) electrons. The van der Waals surface area contributed by atoms with Crippen molar-refractivity contribution in [3.63, 3.8) is 0 Å². The Balaban J connectivity index is 3.80. The number of rotatable bonds is 4. The summed E-state index contributed by atoms with van der Waals surface area (Å²) < 4.78 is 23.5. The second-order valence-corrected chi connectivity index (χ2v) is 3.00. The smallest absolute Gasteiger partial charge is 0.255 e. The summed E-state index contributed by atoms with van der Waals surface area (Å²) in [6.07, 6.45) is -2.41. The van der Waals surface area contributed by atoms with E-state index in [9.17, 15) is 8.78 Å². The van der Waals surface area contributed by atoms with Crippen LogP contribution in [0.15, 0.2) is 4.99 Å². The molecule has 13 heavy (non-hydrogen) atoms. The third-order valence-corrected chi connectivity index (χ3v) is 1.18. The van der Waals surface area contributed by atoms with E-state index in [1.807, 2.05) is 13.8 Å².